The Morgan fingerprint density at radius 1 is 1.22 bits per heavy atom. The maximum Gasteiger partial charge on any atom is 0.240 e. The summed E-state index contributed by atoms with van der Waals surface area (Å²) in [5.74, 6) is 0.486. The van der Waals surface area contributed by atoms with Crippen molar-refractivity contribution in [2.45, 2.75) is 18.2 Å². The highest BCUT2D eigenvalue weighted by molar-refractivity contribution is 7.89. The Balaban J connectivity index is 1.64. The van der Waals surface area contributed by atoms with E-state index in [1.807, 2.05) is 0 Å². The van der Waals surface area contributed by atoms with E-state index in [2.05, 4.69) is 14.9 Å². The molecule has 1 heterocycles. The number of methoxy groups -OCH3 is 1. The number of nitrogens with zero attached hydrogens (tertiary/aromatic N) is 2. The van der Waals surface area contributed by atoms with Gasteiger partial charge in [0.1, 0.15) is 11.6 Å². The molecule has 0 aliphatic heterocycles. The van der Waals surface area contributed by atoms with Crippen molar-refractivity contribution in [3.8, 4) is 17.1 Å². The van der Waals surface area contributed by atoms with Gasteiger partial charge in [0.05, 0.1) is 17.6 Å². The first-order valence-corrected chi connectivity index (χ1v) is 9.61. The van der Waals surface area contributed by atoms with Gasteiger partial charge >= 0.3 is 0 Å². The Morgan fingerprint density at radius 2 is 2.00 bits per heavy atom. The summed E-state index contributed by atoms with van der Waals surface area (Å²) < 4.78 is 51.2. The minimum atomic E-state index is -3.69. The van der Waals surface area contributed by atoms with Gasteiger partial charge in [-0.25, -0.2) is 17.5 Å². The zero-order valence-electron chi connectivity index (χ0n) is 14.8. The molecule has 7 nitrogen and oxygen atoms in total. The fraction of sp³-hybridized carbons (Fsp3) is 0.222. The monoisotopic (exact) mass is 391 g/mol. The summed E-state index contributed by atoms with van der Waals surface area (Å²) in [4.78, 5) is 4.24. The fourth-order valence-electron chi connectivity index (χ4n) is 2.50. The van der Waals surface area contributed by atoms with Crippen LogP contribution in [0.4, 0.5) is 4.39 Å². The van der Waals surface area contributed by atoms with Gasteiger partial charge in [0, 0.05) is 13.0 Å². The van der Waals surface area contributed by atoms with Crippen LogP contribution < -0.4 is 9.46 Å². The number of hydrogen-bond donors (Lipinski definition) is 1. The van der Waals surface area contributed by atoms with Crippen LogP contribution in [-0.2, 0) is 16.4 Å². The first-order chi connectivity index (χ1) is 12.9. The van der Waals surface area contributed by atoms with E-state index >= 15 is 0 Å². The van der Waals surface area contributed by atoms with Gasteiger partial charge in [-0.2, -0.15) is 4.98 Å². The molecule has 0 amide bonds. The molecule has 3 aromatic rings. The smallest absolute Gasteiger partial charge is 0.240 e. The highest BCUT2D eigenvalue weighted by Crippen LogP contribution is 2.21. The molecule has 0 saturated carbocycles. The minimum absolute atomic E-state index is 0.0618. The SMILES string of the molecule is COc1ccc(S(=O)(=O)NCCc2nc(-c3ccccc3F)no2)cc1C. The summed E-state index contributed by atoms with van der Waals surface area (Å²) in [5.41, 5.74) is 0.939. The van der Waals surface area contributed by atoms with Gasteiger partial charge in [-0.1, -0.05) is 17.3 Å². The summed E-state index contributed by atoms with van der Waals surface area (Å²) in [6, 6.07) is 10.7. The summed E-state index contributed by atoms with van der Waals surface area (Å²) >= 11 is 0. The Morgan fingerprint density at radius 3 is 2.70 bits per heavy atom. The molecule has 0 unspecified atom stereocenters. The first kappa shape index (κ1) is 19.0. The maximum atomic E-state index is 13.7. The van der Waals surface area contributed by atoms with E-state index in [0.717, 1.165) is 0 Å². The number of aromatic nitrogens is 2. The average Bonchev–Trinajstić information content (AvgIpc) is 3.10. The lowest BCUT2D eigenvalue weighted by atomic mass is 10.2. The highest BCUT2D eigenvalue weighted by Gasteiger charge is 2.17. The van der Waals surface area contributed by atoms with Crippen molar-refractivity contribution in [1.29, 1.82) is 0 Å². The van der Waals surface area contributed by atoms with Crippen LogP contribution in [0.15, 0.2) is 51.9 Å². The van der Waals surface area contributed by atoms with E-state index in [0.29, 0.717) is 11.3 Å². The Bertz CT molecular complexity index is 1050. The molecular weight excluding hydrogens is 373 g/mol. The molecule has 1 N–H and O–H groups in total. The number of sulfonamides is 1. The van der Waals surface area contributed by atoms with Gasteiger partial charge in [-0.05, 0) is 42.8 Å². The van der Waals surface area contributed by atoms with Crippen molar-refractivity contribution >= 4 is 10.0 Å². The Labute approximate surface area is 156 Å². The van der Waals surface area contributed by atoms with Gasteiger partial charge in [0.25, 0.3) is 0 Å². The van der Waals surface area contributed by atoms with Gasteiger partial charge in [-0.15, -0.1) is 0 Å². The van der Waals surface area contributed by atoms with E-state index in [-0.39, 0.29) is 35.1 Å². The summed E-state index contributed by atoms with van der Waals surface area (Å²) in [5, 5.41) is 3.73. The van der Waals surface area contributed by atoms with Crippen LogP contribution in [0.5, 0.6) is 5.75 Å². The molecule has 0 spiro atoms. The second-order valence-electron chi connectivity index (χ2n) is 5.77. The van der Waals surface area contributed by atoms with E-state index in [1.54, 1.807) is 31.2 Å². The lowest BCUT2D eigenvalue weighted by molar-refractivity contribution is 0.378. The zero-order chi connectivity index (χ0) is 19.4. The minimum Gasteiger partial charge on any atom is -0.496 e. The third-order valence-electron chi connectivity index (χ3n) is 3.89. The number of halogens is 1. The maximum absolute atomic E-state index is 13.7. The molecule has 2 aromatic carbocycles. The summed E-state index contributed by atoms with van der Waals surface area (Å²) in [6.07, 6.45) is 0.176. The first-order valence-electron chi connectivity index (χ1n) is 8.12. The molecule has 142 valence electrons. The predicted octanol–water partition coefficient (Wildman–Crippen LogP) is 2.71. The summed E-state index contributed by atoms with van der Waals surface area (Å²) in [6.45, 7) is 1.83. The quantitative estimate of drug-likeness (QED) is 0.666. The molecule has 3 rings (SSSR count). The van der Waals surface area contributed by atoms with Gasteiger partial charge in [0.2, 0.25) is 21.7 Å². The molecule has 0 aliphatic rings. The lowest BCUT2D eigenvalue weighted by Gasteiger charge is -2.09. The van der Waals surface area contributed by atoms with Gasteiger partial charge < -0.3 is 9.26 Å². The van der Waals surface area contributed by atoms with Crippen molar-refractivity contribution in [3.05, 3.63) is 59.7 Å². The lowest BCUT2D eigenvalue weighted by Crippen LogP contribution is -2.26. The molecule has 0 fully saturated rings. The van der Waals surface area contributed by atoms with Crippen LogP contribution in [0, 0.1) is 12.7 Å². The molecule has 0 radical (unpaired) electrons. The number of hydrogen-bond acceptors (Lipinski definition) is 6. The Kier molecular flexibility index (Phi) is 5.52. The number of nitrogens with one attached hydrogen (secondary N) is 1. The van der Waals surface area contributed by atoms with Crippen LogP contribution in [0.3, 0.4) is 0 Å². The van der Waals surface area contributed by atoms with Crippen LogP contribution in [0.25, 0.3) is 11.4 Å². The van der Waals surface area contributed by atoms with E-state index in [4.69, 9.17) is 9.26 Å². The zero-order valence-corrected chi connectivity index (χ0v) is 15.6. The molecular formula is C18H18FN3O4S. The van der Waals surface area contributed by atoms with Crippen LogP contribution in [0.1, 0.15) is 11.5 Å². The van der Waals surface area contributed by atoms with Crippen molar-refractivity contribution < 1.29 is 22.1 Å². The Hall–Kier alpha value is -2.78. The number of ether oxygens (including phenoxy) is 1. The predicted molar refractivity (Wildman–Crippen MR) is 96.3 cm³/mol. The van der Waals surface area contributed by atoms with Crippen LogP contribution >= 0.6 is 0 Å². The average molecular weight is 391 g/mol. The largest absolute Gasteiger partial charge is 0.496 e. The molecule has 0 saturated heterocycles. The number of benzene rings is 2. The van der Waals surface area contributed by atoms with Crippen molar-refractivity contribution in [1.82, 2.24) is 14.9 Å². The number of rotatable bonds is 7. The molecule has 0 aliphatic carbocycles. The standard InChI is InChI=1S/C18H18FN3O4S/c1-12-11-13(7-8-16(12)25-2)27(23,24)20-10-9-17-21-18(22-26-17)14-5-3-4-6-15(14)19/h3-8,11,20H,9-10H2,1-2H3. The van der Waals surface area contributed by atoms with E-state index in [1.165, 1.54) is 25.3 Å². The van der Waals surface area contributed by atoms with Crippen molar-refractivity contribution in [3.63, 3.8) is 0 Å². The third-order valence-corrected chi connectivity index (χ3v) is 5.35. The molecule has 27 heavy (non-hydrogen) atoms. The van der Waals surface area contributed by atoms with E-state index in [9.17, 15) is 12.8 Å². The third kappa shape index (κ3) is 4.32. The van der Waals surface area contributed by atoms with Crippen LogP contribution in [-0.4, -0.2) is 32.2 Å². The van der Waals surface area contributed by atoms with Crippen LogP contribution in [0.2, 0.25) is 0 Å². The summed E-state index contributed by atoms with van der Waals surface area (Å²) in [7, 11) is -2.16. The second kappa shape index (κ2) is 7.85. The number of aryl methyl sites for hydroxylation is 1. The van der Waals surface area contributed by atoms with Gasteiger partial charge in [-0.3, -0.25) is 0 Å². The second-order valence-corrected chi connectivity index (χ2v) is 7.54. The topological polar surface area (TPSA) is 94.3 Å². The fourth-order valence-corrected chi connectivity index (χ4v) is 3.62. The highest BCUT2D eigenvalue weighted by atomic mass is 32.2. The molecule has 9 heteroatoms. The normalized spacial score (nSPS) is 11.5. The molecule has 0 atom stereocenters. The van der Waals surface area contributed by atoms with E-state index < -0.39 is 15.8 Å². The molecule has 1 aromatic heterocycles. The van der Waals surface area contributed by atoms with Crippen molar-refractivity contribution in [2.24, 2.45) is 0 Å². The van der Waals surface area contributed by atoms with Crippen molar-refractivity contribution in [2.75, 3.05) is 13.7 Å². The molecule has 0 bridgehead atoms. The van der Waals surface area contributed by atoms with Gasteiger partial charge in [0.15, 0.2) is 0 Å².